The Kier molecular flexibility index (Phi) is 5.99. The maximum absolute atomic E-state index is 8.93. The van der Waals surface area contributed by atoms with E-state index in [0.717, 1.165) is 12.8 Å². The summed E-state index contributed by atoms with van der Waals surface area (Å²) >= 11 is 0. The Balaban J connectivity index is 2.36. The van der Waals surface area contributed by atoms with Gasteiger partial charge in [0.2, 0.25) is 0 Å². The van der Waals surface area contributed by atoms with Crippen molar-refractivity contribution < 1.29 is 5.11 Å². The fourth-order valence-electron chi connectivity index (χ4n) is 2.28. The molecule has 1 N–H and O–H groups in total. The summed E-state index contributed by atoms with van der Waals surface area (Å²) in [6.07, 6.45) is 6.14. The fraction of sp³-hybridized carbons (Fsp3) is 0.200. The van der Waals surface area contributed by atoms with E-state index in [1.165, 1.54) is 22.3 Å². The Bertz CT molecular complexity index is 594. The Morgan fingerprint density at radius 2 is 1.57 bits per heavy atom. The van der Waals surface area contributed by atoms with Crippen molar-refractivity contribution in [2.24, 2.45) is 0 Å². The summed E-state index contributed by atoms with van der Waals surface area (Å²) in [5.74, 6) is 0. The average Bonchev–Trinajstić information content (AvgIpc) is 2.54. The summed E-state index contributed by atoms with van der Waals surface area (Å²) < 4.78 is 0. The lowest BCUT2D eigenvalue weighted by Gasteiger charge is -2.09. The van der Waals surface area contributed by atoms with E-state index >= 15 is 0 Å². The van der Waals surface area contributed by atoms with Crippen LogP contribution in [0.25, 0.3) is 11.6 Å². The van der Waals surface area contributed by atoms with E-state index in [-0.39, 0.29) is 6.61 Å². The van der Waals surface area contributed by atoms with Crippen LogP contribution in [0.15, 0.2) is 72.3 Å². The molecule has 0 saturated heterocycles. The van der Waals surface area contributed by atoms with Crippen LogP contribution in [0, 0.1) is 0 Å². The first-order valence-electron chi connectivity index (χ1n) is 7.41. The van der Waals surface area contributed by atoms with Gasteiger partial charge in [-0.2, -0.15) is 0 Å². The number of benzene rings is 2. The summed E-state index contributed by atoms with van der Waals surface area (Å²) in [5.41, 5.74) is 4.91. The first kappa shape index (κ1) is 15.3. The zero-order valence-corrected chi connectivity index (χ0v) is 12.5. The summed E-state index contributed by atoms with van der Waals surface area (Å²) in [7, 11) is 0. The van der Waals surface area contributed by atoms with Gasteiger partial charge in [0.05, 0.1) is 0 Å². The topological polar surface area (TPSA) is 20.2 Å². The van der Waals surface area contributed by atoms with Crippen LogP contribution in [-0.4, -0.2) is 11.7 Å². The van der Waals surface area contributed by atoms with E-state index < -0.39 is 0 Å². The van der Waals surface area contributed by atoms with Crippen LogP contribution in [0.1, 0.15) is 30.9 Å². The maximum Gasteiger partial charge on any atom is 0.0433 e. The molecule has 0 atom stereocenters. The van der Waals surface area contributed by atoms with E-state index in [4.69, 9.17) is 5.11 Å². The largest absolute Gasteiger partial charge is 0.396 e. The van der Waals surface area contributed by atoms with Gasteiger partial charge in [0.15, 0.2) is 0 Å². The first-order chi connectivity index (χ1) is 10.3. The molecule has 0 amide bonds. The molecule has 2 aromatic rings. The molecule has 0 aliphatic carbocycles. The van der Waals surface area contributed by atoms with Crippen molar-refractivity contribution in [2.75, 3.05) is 6.61 Å². The van der Waals surface area contributed by atoms with E-state index in [1.807, 2.05) is 12.1 Å². The van der Waals surface area contributed by atoms with E-state index in [2.05, 4.69) is 67.6 Å². The second-order valence-corrected chi connectivity index (χ2v) is 5.09. The van der Waals surface area contributed by atoms with E-state index in [1.54, 1.807) is 0 Å². The third kappa shape index (κ3) is 4.73. The number of aliphatic hydroxyl groups excluding tert-OH is 1. The molecule has 0 aliphatic rings. The Morgan fingerprint density at radius 1 is 0.952 bits per heavy atom. The van der Waals surface area contributed by atoms with Gasteiger partial charge in [-0.05, 0) is 48.1 Å². The normalized spacial score (nSPS) is 12.5. The summed E-state index contributed by atoms with van der Waals surface area (Å²) in [4.78, 5) is 0. The third-order valence-corrected chi connectivity index (χ3v) is 3.43. The summed E-state index contributed by atoms with van der Waals surface area (Å²) in [6, 6.07) is 20.8. The van der Waals surface area contributed by atoms with Crippen LogP contribution in [-0.2, 0) is 0 Å². The monoisotopic (exact) mass is 278 g/mol. The summed E-state index contributed by atoms with van der Waals surface area (Å²) in [6.45, 7) is 2.38. The lowest BCUT2D eigenvalue weighted by Crippen LogP contribution is -1.88. The molecule has 0 bridgehead atoms. The molecule has 1 heteroatoms. The Morgan fingerprint density at radius 3 is 2.19 bits per heavy atom. The lowest BCUT2D eigenvalue weighted by atomic mass is 9.95. The Labute approximate surface area is 127 Å². The van der Waals surface area contributed by atoms with Crippen LogP contribution >= 0.6 is 0 Å². The number of hydrogen-bond acceptors (Lipinski definition) is 1. The van der Waals surface area contributed by atoms with Crippen LogP contribution in [0.2, 0.25) is 0 Å². The molecule has 0 heterocycles. The first-order valence-corrected chi connectivity index (χ1v) is 7.41. The average molecular weight is 278 g/mol. The van der Waals surface area contributed by atoms with Crippen LogP contribution in [0.3, 0.4) is 0 Å². The minimum absolute atomic E-state index is 0.243. The van der Waals surface area contributed by atoms with Crippen LogP contribution in [0.4, 0.5) is 0 Å². The van der Waals surface area contributed by atoms with E-state index in [9.17, 15) is 0 Å². The van der Waals surface area contributed by atoms with Crippen molar-refractivity contribution in [3.05, 3.63) is 83.4 Å². The zero-order chi connectivity index (χ0) is 14.9. The quantitative estimate of drug-likeness (QED) is 0.450. The van der Waals surface area contributed by atoms with Gasteiger partial charge >= 0.3 is 0 Å². The van der Waals surface area contributed by atoms with Gasteiger partial charge in [-0.1, -0.05) is 66.7 Å². The smallest absolute Gasteiger partial charge is 0.0433 e. The predicted octanol–water partition coefficient (Wildman–Crippen LogP) is 4.95. The lowest BCUT2D eigenvalue weighted by molar-refractivity contribution is 0.289. The van der Waals surface area contributed by atoms with Crippen LogP contribution in [0.5, 0.6) is 0 Å². The number of hydrogen-bond donors (Lipinski definition) is 1. The molecule has 108 valence electrons. The molecule has 21 heavy (non-hydrogen) atoms. The molecule has 2 rings (SSSR count). The molecule has 0 aliphatic heterocycles. The molecule has 0 spiro atoms. The highest BCUT2D eigenvalue weighted by molar-refractivity contribution is 5.90. The number of unbranched alkanes of at least 4 members (excludes halogenated alkanes) is 1. The molecule has 0 radical (unpaired) electrons. The standard InChI is InChI=1S/C20H22O/c1-17(10-8-9-15-21)20(19-13-6-3-7-14-19)16-18-11-4-2-5-12-18/h2-7,10-14,16,21H,8-9,15H2,1H3/b17-10+,20-16-. The second kappa shape index (κ2) is 8.23. The van der Waals surface area contributed by atoms with Crippen molar-refractivity contribution in [1.82, 2.24) is 0 Å². The maximum atomic E-state index is 8.93. The molecule has 0 fully saturated rings. The SMILES string of the molecule is CC(=C\CCCO)/C(=C/c1ccccc1)c1ccccc1. The van der Waals surface area contributed by atoms with Crippen molar-refractivity contribution in [1.29, 1.82) is 0 Å². The van der Waals surface area contributed by atoms with Crippen molar-refractivity contribution in [2.45, 2.75) is 19.8 Å². The number of aliphatic hydroxyl groups is 1. The number of rotatable bonds is 6. The highest BCUT2D eigenvalue weighted by atomic mass is 16.2. The zero-order valence-electron chi connectivity index (χ0n) is 12.5. The number of allylic oxidation sites excluding steroid dienone is 3. The molecular formula is C20H22O. The van der Waals surface area contributed by atoms with Gasteiger partial charge in [0.1, 0.15) is 0 Å². The Hall–Kier alpha value is -2.12. The summed E-state index contributed by atoms with van der Waals surface area (Å²) in [5, 5.41) is 8.93. The van der Waals surface area contributed by atoms with Gasteiger partial charge < -0.3 is 5.11 Å². The molecule has 2 aromatic carbocycles. The van der Waals surface area contributed by atoms with Gasteiger partial charge in [0, 0.05) is 6.61 Å². The molecular weight excluding hydrogens is 256 g/mol. The minimum Gasteiger partial charge on any atom is -0.396 e. The second-order valence-electron chi connectivity index (χ2n) is 5.09. The van der Waals surface area contributed by atoms with Gasteiger partial charge in [-0.3, -0.25) is 0 Å². The van der Waals surface area contributed by atoms with Crippen molar-refractivity contribution in [3.63, 3.8) is 0 Å². The fourth-order valence-corrected chi connectivity index (χ4v) is 2.28. The predicted molar refractivity (Wildman–Crippen MR) is 90.8 cm³/mol. The highest BCUT2D eigenvalue weighted by Crippen LogP contribution is 2.26. The van der Waals surface area contributed by atoms with Crippen molar-refractivity contribution >= 4 is 11.6 Å². The van der Waals surface area contributed by atoms with Crippen LogP contribution < -0.4 is 0 Å². The highest BCUT2D eigenvalue weighted by Gasteiger charge is 2.04. The third-order valence-electron chi connectivity index (χ3n) is 3.43. The molecule has 0 saturated carbocycles. The van der Waals surface area contributed by atoms with E-state index in [0.29, 0.717) is 0 Å². The van der Waals surface area contributed by atoms with Gasteiger partial charge in [0.25, 0.3) is 0 Å². The molecule has 0 aromatic heterocycles. The van der Waals surface area contributed by atoms with Gasteiger partial charge in [-0.15, -0.1) is 0 Å². The minimum atomic E-state index is 0.243. The van der Waals surface area contributed by atoms with Crippen molar-refractivity contribution in [3.8, 4) is 0 Å². The molecule has 1 nitrogen and oxygen atoms in total. The molecule has 0 unspecified atom stereocenters. The van der Waals surface area contributed by atoms with Gasteiger partial charge in [-0.25, -0.2) is 0 Å².